The molecule has 0 aliphatic rings. The summed E-state index contributed by atoms with van der Waals surface area (Å²) in [6.07, 6.45) is 1.31. The standard InChI is InChI=1S/C9H21NS/c1-4-9(3)8-11-7-6-10-5-2/h9-10H,4-8H2,1-3H3. The molecule has 2 heteroatoms. The van der Waals surface area contributed by atoms with Crippen molar-refractivity contribution in [3.05, 3.63) is 0 Å². The van der Waals surface area contributed by atoms with Crippen molar-refractivity contribution in [3.8, 4) is 0 Å². The van der Waals surface area contributed by atoms with Gasteiger partial charge in [-0.2, -0.15) is 11.8 Å². The van der Waals surface area contributed by atoms with E-state index in [4.69, 9.17) is 0 Å². The molecule has 0 aromatic rings. The first-order valence-electron chi connectivity index (χ1n) is 4.59. The van der Waals surface area contributed by atoms with Crippen LogP contribution < -0.4 is 5.32 Å². The van der Waals surface area contributed by atoms with Gasteiger partial charge < -0.3 is 5.32 Å². The average Bonchev–Trinajstić information content (AvgIpc) is 2.04. The lowest BCUT2D eigenvalue weighted by molar-refractivity contribution is 0.636. The van der Waals surface area contributed by atoms with Crippen LogP contribution in [0, 0.1) is 5.92 Å². The highest BCUT2D eigenvalue weighted by molar-refractivity contribution is 7.99. The van der Waals surface area contributed by atoms with Gasteiger partial charge in [-0.1, -0.05) is 27.2 Å². The molecule has 1 N–H and O–H groups in total. The summed E-state index contributed by atoms with van der Waals surface area (Å²) in [4.78, 5) is 0. The summed E-state index contributed by atoms with van der Waals surface area (Å²) < 4.78 is 0. The highest BCUT2D eigenvalue weighted by atomic mass is 32.2. The fraction of sp³-hybridized carbons (Fsp3) is 1.00. The van der Waals surface area contributed by atoms with E-state index < -0.39 is 0 Å². The molecule has 0 fully saturated rings. The van der Waals surface area contributed by atoms with Crippen LogP contribution in [0.25, 0.3) is 0 Å². The second-order valence-electron chi connectivity index (χ2n) is 2.94. The fourth-order valence-corrected chi connectivity index (χ4v) is 1.82. The number of thioether (sulfide) groups is 1. The second-order valence-corrected chi connectivity index (χ2v) is 4.09. The predicted octanol–water partition coefficient (Wildman–Crippen LogP) is 2.38. The van der Waals surface area contributed by atoms with Gasteiger partial charge in [0.15, 0.2) is 0 Å². The van der Waals surface area contributed by atoms with E-state index in [-0.39, 0.29) is 0 Å². The monoisotopic (exact) mass is 175 g/mol. The third-order valence-corrected chi connectivity index (χ3v) is 3.07. The molecule has 0 bridgehead atoms. The molecule has 0 aliphatic carbocycles. The molecule has 0 aromatic carbocycles. The Kier molecular flexibility index (Phi) is 8.64. The van der Waals surface area contributed by atoms with Gasteiger partial charge in [0, 0.05) is 12.3 Å². The van der Waals surface area contributed by atoms with Crippen LogP contribution in [0.1, 0.15) is 27.2 Å². The van der Waals surface area contributed by atoms with Gasteiger partial charge >= 0.3 is 0 Å². The van der Waals surface area contributed by atoms with Gasteiger partial charge in [0.2, 0.25) is 0 Å². The van der Waals surface area contributed by atoms with Crippen LogP contribution in [-0.4, -0.2) is 24.6 Å². The molecule has 11 heavy (non-hydrogen) atoms. The van der Waals surface area contributed by atoms with Crippen LogP contribution in [0.2, 0.25) is 0 Å². The Morgan fingerprint density at radius 3 is 2.64 bits per heavy atom. The number of hydrogen-bond acceptors (Lipinski definition) is 2. The maximum Gasteiger partial charge on any atom is 0.00582 e. The minimum Gasteiger partial charge on any atom is -0.316 e. The van der Waals surface area contributed by atoms with Gasteiger partial charge in [-0.05, 0) is 18.2 Å². The average molecular weight is 175 g/mol. The van der Waals surface area contributed by atoms with Gasteiger partial charge in [-0.15, -0.1) is 0 Å². The summed E-state index contributed by atoms with van der Waals surface area (Å²) in [5.41, 5.74) is 0. The van der Waals surface area contributed by atoms with Gasteiger partial charge in [-0.3, -0.25) is 0 Å². The summed E-state index contributed by atoms with van der Waals surface area (Å²) in [6, 6.07) is 0. The van der Waals surface area contributed by atoms with Crippen molar-refractivity contribution in [1.29, 1.82) is 0 Å². The third kappa shape index (κ3) is 8.21. The normalized spacial score (nSPS) is 13.4. The molecule has 0 amide bonds. The Balaban J connectivity index is 2.89. The Labute approximate surface area is 75.3 Å². The topological polar surface area (TPSA) is 12.0 Å². The van der Waals surface area contributed by atoms with Gasteiger partial charge in [0.25, 0.3) is 0 Å². The second kappa shape index (κ2) is 8.41. The van der Waals surface area contributed by atoms with E-state index in [1.54, 1.807) is 0 Å². The molecular weight excluding hydrogens is 154 g/mol. The predicted molar refractivity (Wildman–Crippen MR) is 55.3 cm³/mol. The van der Waals surface area contributed by atoms with E-state index in [9.17, 15) is 0 Å². The summed E-state index contributed by atoms with van der Waals surface area (Å²) in [5, 5.41) is 3.32. The van der Waals surface area contributed by atoms with Crippen LogP contribution in [0.3, 0.4) is 0 Å². The molecule has 68 valence electrons. The molecule has 0 aromatic heterocycles. The van der Waals surface area contributed by atoms with Crippen molar-refractivity contribution in [2.45, 2.75) is 27.2 Å². The van der Waals surface area contributed by atoms with Crippen molar-refractivity contribution in [2.75, 3.05) is 24.6 Å². The van der Waals surface area contributed by atoms with Crippen LogP contribution in [0.4, 0.5) is 0 Å². The highest BCUT2D eigenvalue weighted by Gasteiger charge is 1.97. The van der Waals surface area contributed by atoms with Gasteiger partial charge in [0.05, 0.1) is 0 Å². The molecule has 1 nitrogen and oxygen atoms in total. The molecule has 0 rings (SSSR count). The first-order valence-corrected chi connectivity index (χ1v) is 5.75. The molecule has 0 heterocycles. The molecule has 1 atom stereocenters. The summed E-state index contributed by atoms with van der Waals surface area (Å²) in [5.74, 6) is 3.47. The van der Waals surface area contributed by atoms with Crippen LogP contribution in [0.5, 0.6) is 0 Å². The number of rotatable bonds is 7. The van der Waals surface area contributed by atoms with Crippen molar-refractivity contribution in [1.82, 2.24) is 5.32 Å². The summed E-state index contributed by atoms with van der Waals surface area (Å²) >= 11 is 2.06. The largest absolute Gasteiger partial charge is 0.316 e. The molecule has 1 unspecified atom stereocenters. The van der Waals surface area contributed by atoms with E-state index in [2.05, 4.69) is 37.8 Å². The smallest absolute Gasteiger partial charge is 0.00582 e. The van der Waals surface area contributed by atoms with Crippen LogP contribution in [0.15, 0.2) is 0 Å². The summed E-state index contributed by atoms with van der Waals surface area (Å²) in [7, 11) is 0. The van der Waals surface area contributed by atoms with Crippen molar-refractivity contribution in [2.24, 2.45) is 5.92 Å². The van der Waals surface area contributed by atoms with Crippen LogP contribution in [-0.2, 0) is 0 Å². The zero-order valence-corrected chi connectivity index (χ0v) is 8.84. The minimum atomic E-state index is 0.890. The molecule has 0 radical (unpaired) electrons. The Morgan fingerprint density at radius 2 is 2.09 bits per heavy atom. The minimum absolute atomic E-state index is 0.890. The molecule has 0 spiro atoms. The SMILES string of the molecule is CCNCCSCC(C)CC. The van der Waals surface area contributed by atoms with Gasteiger partial charge in [0.1, 0.15) is 0 Å². The molecule has 0 aliphatic heterocycles. The van der Waals surface area contributed by atoms with E-state index in [0.29, 0.717) is 0 Å². The van der Waals surface area contributed by atoms with E-state index in [1.807, 2.05) is 0 Å². The first-order chi connectivity index (χ1) is 5.31. The quantitative estimate of drug-likeness (QED) is 0.596. The van der Waals surface area contributed by atoms with Crippen molar-refractivity contribution < 1.29 is 0 Å². The van der Waals surface area contributed by atoms with Crippen LogP contribution >= 0.6 is 11.8 Å². The lowest BCUT2D eigenvalue weighted by Gasteiger charge is -2.07. The zero-order valence-electron chi connectivity index (χ0n) is 8.02. The number of hydrogen-bond donors (Lipinski definition) is 1. The van der Waals surface area contributed by atoms with E-state index >= 15 is 0 Å². The maximum absolute atomic E-state index is 3.32. The molecular formula is C9H21NS. The van der Waals surface area contributed by atoms with Crippen molar-refractivity contribution >= 4 is 11.8 Å². The first kappa shape index (κ1) is 11.3. The van der Waals surface area contributed by atoms with Gasteiger partial charge in [-0.25, -0.2) is 0 Å². The molecule has 0 saturated carbocycles. The maximum atomic E-state index is 3.32. The molecule has 0 saturated heterocycles. The van der Waals surface area contributed by atoms with E-state index in [1.165, 1.54) is 17.9 Å². The lowest BCUT2D eigenvalue weighted by Crippen LogP contribution is -2.16. The highest BCUT2D eigenvalue weighted by Crippen LogP contribution is 2.09. The zero-order chi connectivity index (χ0) is 8.53. The van der Waals surface area contributed by atoms with E-state index in [0.717, 1.165) is 19.0 Å². The Hall–Kier alpha value is 0.310. The summed E-state index contributed by atoms with van der Waals surface area (Å²) in [6.45, 7) is 9.00. The fourth-order valence-electron chi connectivity index (χ4n) is 0.723. The number of nitrogens with one attached hydrogen (secondary N) is 1. The Morgan fingerprint density at radius 1 is 1.36 bits per heavy atom. The Bertz CT molecular complexity index is 76.0. The third-order valence-electron chi connectivity index (χ3n) is 1.77. The lowest BCUT2D eigenvalue weighted by atomic mass is 10.2. The van der Waals surface area contributed by atoms with Crippen molar-refractivity contribution in [3.63, 3.8) is 0 Å².